The number of likely N-dealkylation sites (N-methyl/N-ethyl adjacent to an activating group) is 1. The number of carbonyl (C=O) groups excluding carboxylic acids is 1. The molecule has 3 aromatic rings. The molecule has 1 aliphatic carbocycles. The van der Waals surface area contributed by atoms with Gasteiger partial charge in [-0.3, -0.25) is 9.36 Å². The van der Waals surface area contributed by atoms with Gasteiger partial charge in [0.15, 0.2) is 29.3 Å². The number of fused-ring (bicyclic) bond motifs is 1. The van der Waals surface area contributed by atoms with E-state index in [1.807, 2.05) is 24.3 Å². The van der Waals surface area contributed by atoms with Crippen LogP contribution >= 0.6 is 11.6 Å². The van der Waals surface area contributed by atoms with Crippen LogP contribution in [0, 0.1) is 0 Å². The number of carbonyl (C=O) groups is 1. The zero-order valence-electron chi connectivity index (χ0n) is 19.7. The highest BCUT2D eigenvalue weighted by molar-refractivity contribution is 6.30. The van der Waals surface area contributed by atoms with Gasteiger partial charge in [-0.15, -0.1) is 0 Å². The fourth-order valence-electron chi connectivity index (χ4n) is 4.82. The number of nitrogens with one attached hydrogen (secondary N) is 2. The summed E-state index contributed by atoms with van der Waals surface area (Å²) >= 11 is 6.09. The zero-order valence-corrected chi connectivity index (χ0v) is 20.5. The van der Waals surface area contributed by atoms with E-state index >= 15 is 0 Å². The summed E-state index contributed by atoms with van der Waals surface area (Å²) in [4.78, 5) is 25.4. The fourth-order valence-corrected chi connectivity index (χ4v) is 5.03. The van der Waals surface area contributed by atoms with Crippen molar-refractivity contribution in [1.29, 1.82) is 0 Å². The molecule has 192 valence electrons. The Hall–Kier alpha value is -2.83. The third-order valence-corrected chi connectivity index (χ3v) is 6.84. The number of ether oxygens (including phenoxy) is 2. The fraction of sp³-hybridized carbons (Fsp3) is 0.500. The lowest BCUT2D eigenvalue weighted by Crippen LogP contribution is -2.42. The number of halogens is 1. The quantitative estimate of drug-likeness (QED) is 0.352. The second-order valence-electron chi connectivity index (χ2n) is 9.03. The molecule has 12 heteroatoms. The van der Waals surface area contributed by atoms with Crippen LogP contribution in [0.3, 0.4) is 0 Å². The SMILES string of the molecule is CCNC(=O)[C@H]1O[C@@H](n2cnc3c(N[C@@H]4CCC[C@H]4OCc4cccc(Cl)c4)ncnc32)[C@H](O)[C@@H]1O. The molecule has 1 aliphatic heterocycles. The van der Waals surface area contributed by atoms with Gasteiger partial charge in [0.1, 0.15) is 18.5 Å². The normalized spacial score (nSPS) is 28.0. The molecule has 1 saturated carbocycles. The number of aliphatic hydroxyl groups excluding tert-OH is 2. The number of amides is 1. The van der Waals surface area contributed by atoms with E-state index in [1.165, 1.54) is 17.2 Å². The van der Waals surface area contributed by atoms with E-state index in [4.69, 9.17) is 21.1 Å². The second-order valence-corrected chi connectivity index (χ2v) is 9.47. The molecule has 3 heterocycles. The van der Waals surface area contributed by atoms with Crippen LogP contribution in [0.15, 0.2) is 36.9 Å². The molecule has 1 amide bonds. The Morgan fingerprint density at radius 1 is 1.25 bits per heavy atom. The lowest BCUT2D eigenvalue weighted by atomic mass is 10.1. The molecule has 5 rings (SSSR count). The molecule has 1 saturated heterocycles. The van der Waals surface area contributed by atoms with Crippen molar-refractivity contribution in [2.24, 2.45) is 0 Å². The molecule has 4 N–H and O–H groups in total. The highest BCUT2D eigenvalue weighted by atomic mass is 35.5. The van der Waals surface area contributed by atoms with Gasteiger partial charge in [0.25, 0.3) is 5.91 Å². The number of aromatic nitrogens is 4. The predicted octanol–water partition coefficient (Wildman–Crippen LogP) is 1.78. The van der Waals surface area contributed by atoms with Gasteiger partial charge in [-0.2, -0.15) is 0 Å². The van der Waals surface area contributed by atoms with Gasteiger partial charge in [0.2, 0.25) is 0 Å². The molecule has 11 nitrogen and oxygen atoms in total. The van der Waals surface area contributed by atoms with Crippen molar-refractivity contribution in [2.45, 2.75) is 69.5 Å². The largest absolute Gasteiger partial charge is 0.387 e. The number of aliphatic hydroxyl groups is 2. The Bertz CT molecular complexity index is 1220. The molecule has 6 atom stereocenters. The molecular weight excluding hydrogens is 488 g/mol. The van der Waals surface area contributed by atoms with Gasteiger partial charge >= 0.3 is 0 Å². The van der Waals surface area contributed by atoms with Crippen LogP contribution in [0.2, 0.25) is 5.02 Å². The first-order valence-corrected chi connectivity index (χ1v) is 12.4. The summed E-state index contributed by atoms with van der Waals surface area (Å²) in [6.07, 6.45) is 0.768. The van der Waals surface area contributed by atoms with Crippen molar-refractivity contribution < 1.29 is 24.5 Å². The average Bonchev–Trinajstić information content (AvgIpc) is 3.57. The molecule has 0 bridgehead atoms. The number of hydrogen-bond acceptors (Lipinski definition) is 9. The summed E-state index contributed by atoms with van der Waals surface area (Å²) in [7, 11) is 0. The van der Waals surface area contributed by atoms with Crippen LogP contribution in [0.4, 0.5) is 5.82 Å². The third kappa shape index (κ3) is 4.89. The summed E-state index contributed by atoms with van der Waals surface area (Å²) in [5, 5.41) is 27.7. The maximum atomic E-state index is 12.2. The summed E-state index contributed by atoms with van der Waals surface area (Å²) in [5.74, 6) is 0.0494. The number of hydrogen-bond donors (Lipinski definition) is 4. The second kappa shape index (κ2) is 10.7. The van der Waals surface area contributed by atoms with Crippen molar-refractivity contribution in [3.05, 3.63) is 47.5 Å². The molecule has 0 radical (unpaired) electrons. The molecule has 2 fully saturated rings. The average molecular weight is 517 g/mol. The minimum Gasteiger partial charge on any atom is -0.387 e. The lowest BCUT2D eigenvalue weighted by molar-refractivity contribution is -0.137. The molecule has 0 unspecified atom stereocenters. The van der Waals surface area contributed by atoms with Gasteiger partial charge in [-0.05, 0) is 43.9 Å². The van der Waals surface area contributed by atoms with E-state index in [-0.39, 0.29) is 12.1 Å². The van der Waals surface area contributed by atoms with Gasteiger partial charge in [-0.1, -0.05) is 23.7 Å². The Morgan fingerprint density at radius 2 is 2.11 bits per heavy atom. The minimum absolute atomic E-state index is 0.0101. The first kappa shape index (κ1) is 24.8. The van der Waals surface area contributed by atoms with E-state index < -0.39 is 30.4 Å². The van der Waals surface area contributed by atoms with Crippen LogP contribution in [-0.4, -0.2) is 72.6 Å². The van der Waals surface area contributed by atoms with Crippen molar-refractivity contribution in [1.82, 2.24) is 24.8 Å². The first-order chi connectivity index (χ1) is 17.5. The highest BCUT2D eigenvalue weighted by Gasteiger charge is 2.47. The van der Waals surface area contributed by atoms with Crippen LogP contribution in [0.1, 0.15) is 38.0 Å². The predicted molar refractivity (Wildman–Crippen MR) is 131 cm³/mol. The Morgan fingerprint density at radius 3 is 2.92 bits per heavy atom. The smallest absolute Gasteiger partial charge is 0.252 e. The van der Waals surface area contributed by atoms with Crippen molar-refractivity contribution in [3.63, 3.8) is 0 Å². The zero-order chi connectivity index (χ0) is 25.2. The van der Waals surface area contributed by atoms with Crippen LogP contribution in [0.5, 0.6) is 0 Å². The summed E-state index contributed by atoms with van der Waals surface area (Å²) in [6, 6.07) is 7.65. The number of rotatable bonds is 8. The monoisotopic (exact) mass is 516 g/mol. The molecule has 2 aromatic heterocycles. The Kier molecular flexibility index (Phi) is 7.35. The lowest BCUT2D eigenvalue weighted by Gasteiger charge is -2.22. The maximum absolute atomic E-state index is 12.2. The molecule has 0 spiro atoms. The number of imidazole rings is 1. The van der Waals surface area contributed by atoms with E-state index in [1.54, 1.807) is 6.92 Å². The summed E-state index contributed by atoms with van der Waals surface area (Å²) in [5.41, 5.74) is 1.92. The highest BCUT2D eigenvalue weighted by Crippen LogP contribution is 2.33. The van der Waals surface area contributed by atoms with Crippen LogP contribution < -0.4 is 10.6 Å². The Balaban J connectivity index is 1.31. The molecular formula is C24H29ClN6O5. The number of anilines is 1. The van der Waals surface area contributed by atoms with Crippen molar-refractivity contribution in [3.8, 4) is 0 Å². The van der Waals surface area contributed by atoms with Gasteiger partial charge in [0.05, 0.1) is 25.1 Å². The van der Waals surface area contributed by atoms with E-state index in [9.17, 15) is 15.0 Å². The van der Waals surface area contributed by atoms with Gasteiger partial charge < -0.3 is 30.3 Å². The first-order valence-electron chi connectivity index (χ1n) is 12.1. The number of benzene rings is 1. The minimum atomic E-state index is -1.38. The van der Waals surface area contributed by atoms with Crippen molar-refractivity contribution >= 4 is 34.5 Å². The molecule has 1 aromatic carbocycles. The summed E-state index contributed by atoms with van der Waals surface area (Å²) in [6.45, 7) is 2.61. The van der Waals surface area contributed by atoms with Gasteiger partial charge in [-0.25, -0.2) is 15.0 Å². The standard InChI is InChI=1S/C24H29ClN6O5/c1-2-26-23(34)20-18(32)19(33)24(36-20)31-12-29-17-21(27-11-28-22(17)31)30-15-7-4-8-16(15)35-10-13-5-3-6-14(25)9-13/h3,5-6,9,11-12,15-16,18-20,24,32-33H,2,4,7-8,10H2,1H3,(H,26,34)(H,27,28,30)/t15-,16-,18+,19-,20+,24-/m1/s1. The third-order valence-electron chi connectivity index (χ3n) is 6.61. The van der Waals surface area contributed by atoms with Crippen molar-refractivity contribution in [2.75, 3.05) is 11.9 Å². The number of nitrogens with zero attached hydrogens (tertiary/aromatic N) is 4. The van der Waals surface area contributed by atoms with Crippen LogP contribution in [0.25, 0.3) is 11.2 Å². The Labute approximate surface area is 212 Å². The maximum Gasteiger partial charge on any atom is 0.252 e. The van der Waals surface area contributed by atoms with Gasteiger partial charge in [0, 0.05) is 11.6 Å². The van der Waals surface area contributed by atoms with E-state index in [2.05, 4.69) is 25.6 Å². The van der Waals surface area contributed by atoms with Crippen LogP contribution in [-0.2, 0) is 20.9 Å². The van der Waals surface area contributed by atoms with E-state index in [0.717, 1.165) is 24.8 Å². The van der Waals surface area contributed by atoms with E-state index in [0.29, 0.717) is 35.2 Å². The molecule has 2 aliphatic rings. The summed E-state index contributed by atoms with van der Waals surface area (Å²) < 4.78 is 13.4. The molecule has 36 heavy (non-hydrogen) atoms. The topological polar surface area (TPSA) is 144 Å².